The molecule has 0 bridgehead atoms. The number of nitrogens with zero attached hydrogens (tertiary/aromatic N) is 4. The van der Waals surface area contributed by atoms with Crippen molar-refractivity contribution in [2.24, 2.45) is 5.92 Å². The highest BCUT2D eigenvalue weighted by molar-refractivity contribution is 5.67. The summed E-state index contributed by atoms with van der Waals surface area (Å²) in [5.41, 5.74) is 4.63. The highest BCUT2D eigenvalue weighted by Crippen LogP contribution is 2.42. The number of benzene rings is 2. The van der Waals surface area contributed by atoms with Crippen LogP contribution in [-0.2, 0) is 11.2 Å². The van der Waals surface area contributed by atoms with Crippen LogP contribution < -0.4 is 4.74 Å². The number of aromatic nitrogens is 2. The Morgan fingerprint density at radius 3 is 2.88 bits per heavy atom. The van der Waals surface area contributed by atoms with Crippen LogP contribution in [0.25, 0.3) is 22.8 Å². The van der Waals surface area contributed by atoms with E-state index >= 15 is 0 Å². The van der Waals surface area contributed by atoms with Gasteiger partial charge in [-0.2, -0.15) is 10.2 Å². The van der Waals surface area contributed by atoms with Crippen LogP contribution in [0.2, 0.25) is 0 Å². The Balaban J connectivity index is 1.42. The van der Waals surface area contributed by atoms with Crippen LogP contribution in [0.1, 0.15) is 43.0 Å². The van der Waals surface area contributed by atoms with Gasteiger partial charge < -0.3 is 14.1 Å². The number of ether oxygens (including phenoxy) is 1. The minimum absolute atomic E-state index is 0.0208. The van der Waals surface area contributed by atoms with E-state index in [1.807, 2.05) is 32.0 Å². The van der Waals surface area contributed by atoms with E-state index in [2.05, 4.69) is 27.2 Å². The average molecular weight is 428 g/mol. The van der Waals surface area contributed by atoms with Gasteiger partial charge in [-0.3, -0.25) is 4.90 Å². The maximum Gasteiger partial charge on any atom is 0.258 e. The molecule has 32 heavy (non-hydrogen) atoms. The Bertz CT molecular complexity index is 1200. The summed E-state index contributed by atoms with van der Waals surface area (Å²) in [6.07, 6.45) is 3.02. The minimum Gasteiger partial charge on any atom is -0.490 e. The van der Waals surface area contributed by atoms with Crippen molar-refractivity contribution in [3.63, 3.8) is 0 Å². The highest BCUT2D eigenvalue weighted by Gasteiger charge is 2.37. The smallest absolute Gasteiger partial charge is 0.258 e. The van der Waals surface area contributed by atoms with Crippen LogP contribution in [0.5, 0.6) is 5.75 Å². The van der Waals surface area contributed by atoms with Gasteiger partial charge in [0, 0.05) is 36.2 Å². The molecule has 2 aromatic carbocycles. The molecule has 5 rings (SSSR count). The molecule has 1 aliphatic carbocycles. The summed E-state index contributed by atoms with van der Waals surface area (Å²) in [6, 6.07) is 14.1. The lowest BCUT2D eigenvalue weighted by atomic mass is 9.95. The van der Waals surface area contributed by atoms with Crippen LogP contribution in [0, 0.1) is 17.2 Å². The molecule has 2 aliphatic rings. The van der Waals surface area contributed by atoms with Crippen molar-refractivity contribution in [2.45, 2.75) is 38.8 Å². The monoisotopic (exact) mass is 428 g/mol. The fourth-order valence-corrected chi connectivity index (χ4v) is 4.67. The predicted molar refractivity (Wildman–Crippen MR) is 118 cm³/mol. The molecular formula is C25H24N4O3. The first-order valence-corrected chi connectivity index (χ1v) is 10.9. The lowest BCUT2D eigenvalue weighted by Gasteiger charge is -2.41. The number of hydrogen-bond donors (Lipinski definition) is 0. The Morgan fingerprint density at radius 1 is 1.28 bits per heavy atom. The summed E-state index contributed by atoms with van der Waals surface area (Å²) >= 11 is 0. The second-order valence-corrected chi connectivity index (χ2v) is 8.69. The Kier molecular flexibility index (Phi) is 5.24. The van der Waals surface area contributed by atoms with E-state index in [0.717, 1.165) is 37.8 Å². The third kappa shape index (κ3) is 3.57. The van der Waals surface area contributed by atoms with E-state index in [4.69, 9.17) is 9.26 Å². The molecule has 1 saturated heterocycles. The van der Waals surface area contributed by atoms with Crippen molar-refractivity contribution in [1.29, 1.82) is 5.26 Å². The van der Waals surface area contributed by atoms with Gasteiger partial charge in [-0.05, 0) is 56.0 Å². The Labute approximate surface area is 186 Å². The molecule has 1 atom stereocenters. The summed E-state index contributed by atoms with van der Waals surface area (Å²) in [5, 5.41) is 13.7. The first kappa shape index (κ1) is 20.4. The van der Waals surface area contributed by atoms with Crippen LogP contribution in [-0.4, -0.2) is 40.5 Å². The standard InChI is InChI=1S/C25H24N4O3/c1-15(2)31-23-9-6-17(10-18(23)11-26)25-27-24(28-32-25)21-5-3-4-20-19(21)7-8-22(20)29-12-16(13-29)14-30/h3-6,9-10,14-16,22H,7-8,12-13H2,1-2H3/t22-/m0/s1. The third-order valence-electron chi connectivity index (χ3n) is 6.19. The van der Waals surface area contributed by atoms with E-state index in [9.17, 15) is 10.1 Å². The SMILES string of the molecule is CC(C)Oc1ccc(-c2nc(-c3cccc4c3CC[C@@H]4N3CC(C=O)C3)no2)cc1C#N. The van der Waals surface area contributed by atoms with E-state index in [1.165, 1.54) is 11.1 Å². The van der Waals surface area contributed by atoms with Crippen molar-refractivity contribution < 1.29 is 14.1 Å². The molecule has 0 radical (unpaired) electrons. The van der Waals surface area contributed by atoms with Crippen molar-refractivity contribution in [3.8, 4) is 34.7 Å². The lowest BCUT2D eigenvalue weighted by molar-refractivity contribution is -0.116. The number of likely N-dealkylation sites (tertiary alicyclic amines) is 1. The zero-order valence-electron chi connectivity index (χ0n) is 18.1. The quantitative estimate of drug-likeness (QED) is 0.544. The number of carbonyl (C=O) groups excluding carboxylic acids is 1. The number of hydrogen-bond acceptors (Lipinski definition) is 7. The molecule has 7 heteroatoms. The summed E-state index contributed by atoms with van der Waals surface area (Å²) in [5.74, 6) is 1.63. The van der Waals surface area contributed by atoms with Crippen LogP contribution in [0.15, 0.2) is 40.9 Å². The molecular weight excluding hydrogens is 404 g/mol. The zero-order chi connectivity index (χ0) is 22.2. The molecule has 0 spiro atoms. The van der Waals surface area contributed by atoms with Crippen LogP contribution >= 0.6 is 0 Å². The summed E-state index contributed by atoms with van der Waals surface area (Å²) in [4.78, 5) is 18.0. The van der Waals surface area contributed by atoms with Gasteiger partial charge in [0.1, 0.15) is 18.1 Å². The lowest BCUT2D eigenvalue weighted by Crippen LogP contribution is -2.48. The van der Waals surface area contributed by atoms with Gasteiger partial charge in [-0.1, -0.05) is 23.4 Å². The number of carbonyl (C=O) groups is 1. The van der Waals surface area contributed by atoms with Gasteiger partial charge in [-0.25, -0.2) is 0 Å². The summed E-state index contributed by atoms with van der Waals surface area (Å²) < 4.78 is 11.3. The van der Waals surface area contributed by atoms with Crippen molar-refractivity contribution in [2.75, 3.05) is 13.1 Å². The van der Waals surface area contributed by atoms with Crippen molar-refractivity contribution >= 4 is 6.29 Å². The normalized spacial score (nSPS) is 18.2. The topological polar surface area (TPSA) is 92.2 Å². The third-order valence-corrected chi connectivity index (χ3v) is 6.19. The first-order chi connectivity index (χ1) is 15.6. The fourth-order valence-electron chi connectivity index (χ4n) is 4.67. The van der Waals surface area contributed by atoms with Crippen LogP contribution in [0.3, 0.4) is 0 Å². The van der Waals surface area contributed by atoms with Gasteiger partial charge in [0.25, 0.3) is 5.89 Å². The Morgan fingerprint density at radius 2 is 2.12 bits per heavy atom. The number of nitriles is 1. The summed E-state index contributed by atoms with van der Waals surface area (Å²) in [6.45, 7) is 5.51. The van der Waals surface area contributed by atoms with Gasteiger partial charge in [0.2, 0.25) is 5.82 Å². The highest BCUT2D eigenvalue weighted by atomic mass is 16.5. The van der Waals surface area contributed by atoms with Gasteiger partial charge in [0.05, 0.1) is 11.7 Å². The van der Waals surface area contributed by atoms with Crippen molar-refractivity contribution in [3.05, 3.63) is 53.1 Å². The molecule has 2 heterocycles. The first-order valence-electron chi connectivity index (χ1n) is 10.9. The van der Waals surface area contributed by atoms with Gasteiger partial charge in [-0.15, -0.1) is 0 Å². The molecule has 1 aromatic heterocycles. The predicted octanol–water partition coefficient (Wildman–Crippen LogP) is 4.18. The van der Waals surface area contributed by atoms with E-state index in [-0.39, 0.29) is 12.0 Å². The van der Waals surface area contributed by atoms with E-state index < -0.39 is 0 Å². The average Bonchev–Trinajstić information content (AvgIpc) is 3.41. The maximum absolute atomic E-state index is 11.0. The number of rotatable bonds is 6. The molecule has 3 aromatic rings. The second-order valence-electron chi connectivity index (χ2n) is 8.69. The zero-order valence-corrected chi connectivity index (χ0v) is 18.1. The molecule has 1 fully saturated rings. The summed E-state index contributed by atoms with van der Waals surface area (Å²) in [7, 11) is 0. The molecule has 0 unspecified atom stereocenters. The molecule has 0 saturated carbocycles. The van der Waals surface area contributed by atoms with E-state index in [0.29, 0.717) is 34.6 Å². The van der Waals surface area contributed by atoms with Crippen LogP contribution in [0.4, 0.5) is 0 Å². The van der Waals surface area contributed by atoms with Gasteiger partial charge >= 0.3 is 0 Å². The largest absolute Gasteiger partial charge is 0.490 e. The molecule has 0 amide bonds. The second kappa shape index (κ2) is 8.21. The fraction of sp³-hybridized carbons (Fsp3) is 0.360. The molecule has 7 nitrogen and oxygen atoms in total. The number of fused-ring (bicyclic) bond motifs is 1. The van der Waals surface area contributed by atoms with Crippen molar-refractivity contribution in [1.82, 2.24) is 15.0 Å². The van der Waals surface area contributed by atoms with Gasteiger partial charge in [0.15, 0.2) is 0 Å². The molecule has 1 aliphatic heterocycles. The minimum atomic E-state index is -0.0208. The number of aldehydes is 1. The van der Waals surface area contributed by atoms with E-state index in [1.54, 1.807) is 12.1 Å². The molecule has 162 valence electrons. The maximum atomic E-state index is 11.0. The Hall–Kier alpha value is -3.50. The molecule has 0 N–H and O–H groups in total.